The molecule has 0 aliphatic rings. The Morgan fingerprint density at radius 3 is 2.13 bits per heavy atom. The Hall–Kier alpha value is -1.45. The monoisotopic (exact) mass is 353 g/mol. The highest BCUT2D eigenvalue weighted by Gasteiger charge is 2.34. The van der Waals surface area contributed by atoms with Crippen molar-refractivity contribution in [1.82, 2.24) is 0 Å². The van der Waals surface area contributed by atoms with Crippen LogP contribution in [0.1, 0.15) is 23.2 Å². The first kappa shape index (κ1) is 19.6. The molecule has 1 aromatic carbocycles. The van der Waals surface area contributed by atoms with E-state index in [1.165, 1.54) is 7.11 Å². The number of carbonyl (C=O) groups excluding carboxylic acids is 2. The maximum Gasteiger partial charge on any atom is 0.337 e. The predicted molar refractivity (Wildman–Crippen MR) is 96.7 cm³/mol. The van der Waals surface area contributed by atoms with Crippen LogP contribution in [0.3, 0.4) is 0 Å². The molecule has 5 nitrogen and oxygen atoms in total. The lowest BCUT2D eigenvalue weighted by Crippen LogP contribution is -2.52. The molecule has 0 aromatic heterocycles. The van der Waals surface area contributed by atoms with Crippen LogP contribution in [0.25, 0.3) is 0 Å². The van der Waals surface area contributed by atoms with Crippen molar-refractivity contribution in [3.8, 4) is 0 Å². The van der Waals surface area contributed by atoms with Crippen LogP contribution in [0, 0.1) is 0 Å². The number of nitrogens with two attached hydrogens (primary N) is 1. The van der Waals surface area contributed by atoms with Crippen molar-refractivity contribution in [1.29, 1.82) is 0 Å². The number of carbonyl (C=O) groups is 2. The summed E-state index contributed by atoms with van der Waals surface area (Å²) in [5, 5.41) is 1.14. The van der Waals surface area contributed by atoms with Gasteiger partial charge in [0.15, 0.2) is 8.32 Å². The first-order valence-electron chi connectivity index (χ1n) is 7.75. The zero-order valence-electron chi connectivity index (χ0n) is 14.6. The maximum atomic E-state index is 11.5. The highest BCUT2D eigenvalue weighted by atomic mass is 28.4. The molecule has 0 aliphatic heterocycles. The fraction of sp³-hybridized carbons (Fsp3) is 0.500. The third kappa shape index (κ3) is 6.28. The molecule has 7 heteroatoms. The van der Waals surface area contributed by atoms with E-state index in [2.05, 4.69) is 26.2 Å². The molecule has 0 heterocycles. The van der Waals surface area contributed by atoms with E-state index < -0.39 is 16.6 Å². The minimum Gasteiger partial charge on any atom is -0.465 e. The second-order valence-electron chi connectivity index (χ2n) is 6.76. The first-order chi connectivity index (χ1) is 10.6. The summed E-state index contributed by atoms with van der Waals surface area (Å²) in [6, 6.07) is 8.37. The van der Waals surface area contributed by atoms with Gasteiger partial charge in [-0.2, -0.15) is 0 Å². The molecule has 1 rings (SSSR count). The van der Waals surface area contributed by atoms with Gasteiger partial charge in [-0.15, -0.1) is 0 Å². The number of amides is 1. The highest BCUT2D eigenvalue weighted by Crippen LogP contribution is 2.21. The van der Waals surface area contributed by atoms with Gasteiger partial charge in [-0.1, -0.05) is 12.1 Å². The van der Waals surface area contributed by atoms with Gasteiger partial charge in [0.05, 0.1) is 12.7 Å². The second kappa shape index (κ2) is 7.89. The third-order valence-corrected chi connectivity index (χ3v) is 11.3. The zero-order valence-corrected chi connectivity index (χ0v) is 16.6. The maximum absolute atomic E-state index is 11.5. The molecule has 0 bridgehead atoms. The topological polar surface area (TPSA) is 78.6 Å². The summed E-state index contributed by atoms with van der Waals surface area (Å²) in [5.74, 6) is -0.595. The van der Waals surface area contributed by atoms with Crippen LogP contribution in [-0.2, 0) is 13.6 Å². The number of rotatable bonds is 8. The number of methoxy groups -OCH3 is 1. The van der Waals surface area contributed by atoms with E-state index >= 15 is 0 Å². The summed E-state index contributed by atoms with van der Waals surface area (Å²) < 4.78 is 11.2. The smallest absolute Gasteiger partial charge is 0.337 e. The standard InChI is InChI=1S/C16H27NO4Si2/c1-20-16(19)13-8-10-14(11-9-13)23(4,5)21-22(2,3)12-6-7-15(17)18/h8-11H,6-7,12H2,1-5H3,(H2,17,18). The van der Waals surface area contributed by atoms with Gasteiger partial charge in [0.25, 0.3) is 0 Å². The Morgan fingerprint density at radius 2 is 1.65 bits per heavy atom. The minimum atomic E-state index is -2.07. The summed E-state index contributed by atoms with van der Waals surface area (Å²) >= 11 is 0. The summed E-state index contributed by atoms with van der Waals surface area (Å²) in [7, 11) is -2.56. The highest BCUT2D eigenvalue weighted by molar-refractivity contribution is 6.92. The molecule has 0 spiro atoms. The summed E-state index contributed by atoms with van der Waals surface area (Å²) in [6.45, 7) is 8.66. The zero-order chi connectivity index (χ0) is 17.7. The second-order valence-corrected chi connectivity index (χ2v) is 15.2. The number of hydrogen-bond acceptors (Lipinski definition) is 4. The first-order valence-corrected chi connectivity index (χ1v) is 13.8. The van der Waals surface area contributed by atoms with Crippen LogP contribution in [0.5, 0.6) is 0 Å². The van der Waals surface area contributed by atoms with Crippen molar-refractivity contribution < 1.29 is 18.4 Å². The number of primary amides is 1. The summed E-state index contributed by atoms with van der Waals surface area (Å²) in [4.78, 5) is 22.4. The Labute approximate surface area is 140 Å². The SMILES string of the molecule is COC(=O)c1ccc([Si](C)(C)O[Si](C)(C)CCCC(N)=O)cc1. The van der Waals surface area contributed by atoms with Gasteiger partial charge in [0.1, 0.15) is 0 Å². The predicted octanol–water partition coefficient (Wildman–Crippen LogP) is 2.37. The van der Waals surface area contributed by atoms with E-state index in [-0.39, 0.29) is 11.9 Å². The van der Waals surface area contributed by atoms with Crippen LogP contribution in [0.15, 0.2) is 24.3 Å². The lowest BCUT2D eigenvalue weighted by atomic mass is 10.2. The van der Waals surface area contributed by atoms with Crippen molar-refractivity contribution >= 4 is 33.7 Å². The van der Waals surface area contributed by atoms with Gasteiger partial charge >= 0.3 is 5.97 Å². The van der Waals surface area contributed by atoms with E-state index in [1.54, 1.807) is 12.1 Å². The molecule has 23 heavy (non-hydrogen) atoms. The van der Waals surface area contributed by atoms with Crippen LogP contribution in [0.4, 0.5) is 0 Å². The van der Waals surface area contributed by atoms with Crippen molar-refractivity contribution in [2.75, 3.05) is 7.11 Å². The molecule has 0 atom stereocenters. The Bertz CT molecular complexity index is 556. The molecule has 0 saturated carbocycles. The van der Waals surface area contributed by atoms with Gasteiger partial charge in [0.2, 0.25) is 14.2 Å². The molecule has 0 unspecified atom stereocenters. The largest absolute Gasteiger partial charge is 0.465 e. The fourth-order valence-corrected chi connectivity index (χ4v) is 11.0. The molecular weight excluding hydrogens is 326 g/mol. The van der Waals surface area contributed by atoms with E-state index in [4.69, 9.17) is 14.6 Å². The summed E-state index contributed by atoms with van der Waals surface area (Å²) in [6.07, 6.45) is 1.19. The van der Waals surface area contributed by atoms with E-state index in [0.29, 0.717) is 12.0 Å². The number of benzene rings is 1. The molecule has 128 valence electrons. The van der Waals surface area contributed by atoms with Crippen LogP contribution >= 0.6 is 0 Å². The molecule has 0 fully saturated rings. The normalized spacial score (nSPS) is 12.0. The molecule has 1 aromatic rings. The minimum absolute atomic E-state index is 0.260. The van der Waals surface area contributed by atoms with Gasteiger partial charge in [0, 0.05) is 6.42 Å². The average Bonchev–Trinajstić information content (AvgIpc) is 2.44. The van der Waals surface area contributed by atoms with E-state index in [1.807, 2.05) is 12.1 Å². The van der Waals surface area contributed by atoms with Crippen molar-refractivity contribution in [3.05, 3.63) is 29.8 Å². The van der Waals surface area contributed by atoms with Crippen LogP contribution < -0.4 is 10.9 Å². The van der Waals surface area contributed by atoms with Crippen LogP contribution in [-0.4, -0.2) is 35.6 Å². The molecule has 0 radical (unpaired) electrons. The van der Waals surface area contributed by atoms with Crippen molar-refractivity contribution in [2.24, 2.45) is 5.73 Å². The molecule has 0 saturated heterocycles. The average molecular weight is 354 g/mol. The molecule has 1 amide bonds. The fourth-order valence-electron chi connectivity index (χ4n) is 2.61. The van der Waals surface area contributed by atoms with Crippen molar-refractivity contribution in [3.63, 3.8) is 0 Å². The van der Waals surface area contributed by atoms with Gasteiger partial charge < -0.3 is 14.6 Å². The number of hydrogen-bond donors (Lipinski definition) is 1. The Kier molecular flexibility index (Phi) is 6.73. The molecular formula is C16H27NO4Si2. The lowest BCUT2D eigenvalue weighted by molar-refractivity contribution is -0.118. The molecule has 2 N–H and O–H groups in total. The van der Waals surface area contributed by atoms with Gasteiger partial charge in [-0.25, -0.2) is 4.79 Å². The van der Waals surface area contributed by atoms with Crippen LogP contribution in [0.2, 0.25) is 32.2 Å². The van der Waals surface area contributed by atoms with Gasteiger partial charge in [-0.3, -0.25) is 4.79 Å². The number of ether oxygens (including phenoxy) is 1. The third-order valence-electron chi connectivity index (χ3n) is 3.73. The van der Waals surface area contributed by atoms with E-state index in [0.717, 1.165) is 17.7 Å². The lowest BCUT2D eigenvalue weighted by Gasteiger charge is -2.34. The van der Waals surface area contributed by atoms with E-state index in [9.17, 15) is 9.59 Å². The quantitative estimate of drug-likeness (QED) is 0.575. The van der Waals surface area contributed by atoms with Gasteiger partial charge in [-0.05, 0) is 56.0 Å². The summed E-state index contributed by atoms with van der Waals surface area (Å²) in [5.41, 5.74) is 5.74. The molecule has 0 aliphatic carbocycles. The Morgan fingerprint density at radius 1 is 1.09 bits per heavy atom. The van der Waals surface area contributed by atoms with Crippen molar-refractivity contribution in [2.45, 2.75) is 45.1 Å². The Balaban J connectivity index is 2.77. The number of esters is 1.